The Kier molecular flexibility index (Phi) is 4.31. The number of benzene rings is 1. The average Bonchev–Trinajstić information content (AvgIpc) is 3.34. The third-order valence-electron chi connectivity index (χ3n) is 4.20. The van der Waals surface area contributed by atoms with Crippen molar-refractivity contribution in [3.8, 4) is 0 Å². The van der Waals surface area contributed by atoms with E-state index in [1.54, 1.807) is 0 Å². The van der Waals surface area contributed by atoms with Crippen LogP contribution in [0, 0.1) is 0 Å². The van der Waals surface area contributed by atoms with Crippen LogP contribution >= 0.6 is 0 Å². The Morgan fingerprint density at radius 1 is 1.21 bits per heavy atom. The Balaban J connectivity index is 1.64. The van der Waals surface area contributed by atoms with E-state index in [-0.39, 0.29) is 23.1 Å². The van der Waals surface area contributed by atoms with Gasteiger partial charge in [-0.15, -0.1) is 10.2 Å². The number of carbonyl (C=O) groups excluding carboxylic acids is 1. The van der Waals surface area contributed by atoms with Crippen LogP contribution in [-0.2, 0) is 5.66 Å². The summed E-state index contributed by atoms with van der Waals surface area (Å²) in [7, 11) is 0. The predicted molar refractivity (Wildman–Crippen MR) is 78.4 cm³/mol. The van der Waals surface area contributed by atoms with E-state index in [1.165, 1.54) is 24.3 Å². The molecular formula is C15H17F3N4O2. The lowest BCUT2D eigenvalue weighted by atomic mass is 10.0. The zero-order valence-corrected chi connectivity index (χ0v) is 12.7. The number of β-amino-alcohol motifs (C(OH)–C–C–N with tert-alkyl or cyclic N) is 1. The monoisotopic (exact) mass is 342 g/mol. The molecule has 9 heteroatoms. The van der Waals surface area contributed by atoms with Gasteiger partial charge >= 0.3 is 11.8 Å². The molecule has 1 fully saturated rings. The van der Waals surface area contributed by atoms with Crippen molar-refractivity contribution >= 4 is 5.91 Å². The molecule has 1 aromatic rings. The number of nitrogens with zero attached hydrogens (tertiary/aromatic N) is 2. The summed E-state index contributed by atoms with van der Waals surface area (Å²) < 4.78 is 38.8. The topological polar surface area (TPSA) is 86.1 Å². The maximum Gasteiger partial charge on any atom is 0.442 e. The fourth-order valence-electron chi connectivity index (χ4n) is 2.71. The number of aliphatic hydroxyl groups excluding tert-OH is 1. The summed E-state index contributed by atoms with van der Waals surface area (Å²) in [5, 5.41) is 21.7. The van der Waals surface area contributed by atoms with E-state index in [2.05, 4.69) is 20.9 Å². The molecule has 0 aromatic heterocycles. The van der Waals surface area contributed by atoms with E-state index < -0.39 is 17.9 Å². The van der Waals surface area contributed by atoms with Crippen LogP contribution in [0.4, 0.5) is 13.2 Å². The molecule has 2 aliphatic heterocycles. The molecule has 2 aliphatic rings. The molecule has 3 rings (SSSR count). The zero-order chi connectivity index (χ0) is 17.4. The van der Waals surface area contributed by atoms with Crippen molar-refractivity contribution in [3.05, 3.63) is 35.4 Å². The lowest BCUT2D eigenvalue weighted by Gasteiger charge is -2.17. The summed E-state index contributed by atoms with van der Waals surface area (Å²) in [6, 6.07) is 4.97. The molecule has 6 nitrogen and oxygen atoms in total. The van der Waals surface area contributed by atoms with Crippen molar-refractivity contribution in [2.45, 2.75) is 36.8 Å². The second kappa shape index (κ2) is 6.14. The number of carbonyl (C=O) groups is 1. The van der Waals surface area contributed by atoms with E-state index in [1.807, 2.05) is 0 Å². The summed E-state index contributed by atoms with van der Waals surface area (Å²) in [6.45, 7) is 1.02. The molecule has 3 N–H and O–H groups in total. The zero-order valence-electron chi connectivity index (χ0n) is 12.7. The highest BCUT2D eigenvalue weighted by Crippen LogP contribution is 2.52. The van der Waals surface area contributed by atoms with E-state index in [0.29, 0.717) is 25.9 Å². The second-order valence-corrected chi connectivity index (χ2v) is 6.01. The van der Waals surface area contributed by atoms with Crippen LogP contribution in [0.25, 0.3) is 0 Å². The normalized spacial score (nSPS) is 25.8. The summed E-state index contributed by atoms with van der Waals surface area (Å²) in [6.07, 6.45) is -3.80. The van der Waals surface area contributed by atoms with Gasteiger partial charge in [-0.05, 0) is 25.0 Å². The van der Waals surface area contributed by atoms with Crippen LogP contribution in [0.15, 0.2) is 34.5 Å². The van der Waals surface area contributed by atoms with Gasteiger partial charge < -0.3 is 15.7 Å². The first-order valence-electron chi connectivity index (χ1n) is 7.63. The van der Waals surface area contributed by atoms with Gasteiger partial charge in [0.05, 0.1) is 6.10 Å². The molecule has 1 saturated heterocycles. The van der Waals surface area contributed by atoms with Crippen LogP contribution < -0.4 is 10.6 Å². The van der Waals surface area contributed by atoms with E-state index in [4.69, 9.17) is 0 Å². The molecule has 24 heavy (non-hydrogen) atoms. The molecule has 0 bridgehead atoms. The standard InChI is InChI=1S/C15H17F3N4O2/c16-15(17,18)14(21-22-14)10-3-1-9(2-4-10)13(24)20-11-5-6-12(23)8-19-7-11/h1-4,11-12,19,23H,5-8H2,(H,20,24)/t11-,12+/m0/s1. The Morgan fingerprint density at radius 3 is 2.46 bits per heavy atom. The number of hydrogen-bond acceptors (Lipinski definition) is 5. The highest BCUT2D eigenvalue weighted by Gasteiger charge is 2.65. The molecule has 0 spiro atoms. The lowest BCUT2D eigenvalue weighted by molar-refractivity contribution is -0.166. The van der Waals surface area contributed by atoms with Gasteiger partial charge in [0.2, 0.25) is 0 Å². The van der Waals surface area contributed by atoms with Crippen molar-refractivity contribution in [2.75, 3.05) is 13.1 Å². The molecule has 0 radical (unpaired) electrons. The van der Waals surface area contributed by atoms with Gasteiger partial charge in [0.1, 0.15) is 0 Å². The first kappa shape index (κ1) is 16.8. The second-order valence-electron chi connectivity index (χ2n) is 6.01. The molecular weight excluding hydrogens is 325 g/mol. The SMILES string of the molecule is O=C(N[C@H]1CC[C@@H](O)CNC1)c1ccc(C2(C(F)(F)F)N=N2)cc1. The van der Waals surface area contributed by atoms with Crippen LogP contribution in [0.2, 0.25) is 0 Å². The Labute approximate surface area is 136 Å². The summed E-state index contributed by atoms with van der Waals surface area (Å²) in [4.78, 5) is 12.2. The van der Waals surface area contributed by atoms with E-state index in [9.17, 15) is 23.1 Å². The van der Waals surface area contributed by atoms with Gasteiger partial charge in [0.25, 0.3) is 5.91 Å². The quantitative estimate of drug-likeness (QED) is 0.782. The van der Waals surface area contributed by atoms with Gasteiger partial charge in [0.15, 0.2) is 0 Å². The van der Waals surface area contributed by atoms with E-state index in [0.717, 1.165) is 0 Å². The maximum absolute atomic E-state index is 12.9. The summed E-state index contributed by atoms with van der Waals surface area (Å²) in [5.41, 5.74) is -2.31. The largest absolute Gasteiger partial charge is 0.442 e. The van der Waals surface area contributed by atoms with E-state index >= 15 is 0 Å². The predicted octanol–water partition coefficient (Wildman–Crippen LogP) is 1.71. The van der Waals surface area contributed by atoms with Crippen molar-refractivity contribution in [1.82, 2.24) is 10.6 Å². The lowest BCUT2D eigenvalue weighted by Crippen LogP contribution is -2.41. The van der Waals surface area contributed by atoms with Crippen LogP contribution in [0.3, 0.4) is 0 Å². The molecule has 130 valence electrons. The minimum atomic E-state index is -4.58. The number of rotatable bonds is 3. The first-order chi connectivity index (χ1) is 11.3. The summed E-state index contributed by atoms with van der Waals surface area (Å²) in [5.74, 6) is -0.365. The molecule has 1 amide bonds. The molecule has 0 saturated carbocycles. The Bertz CT molecular complexity index is 639. The number of alkyl halides is 3. The van der Waals surface area contributed by atoms with Crippen molar-refractivity contribution in [2.24, 2.45) is 10.2 Å². The van der Waals surface area contributed by atoms with Gasteiger partial charge in [-0.3, -0.25) is 4.79 Å². The average molecular weight is 342 g/mol. The smallest absolute Gasteiger partial charge is 0.392 e. The van der Waals surface area contributed by atoms with Crippen molar-refractivity contribution in [3.63, 3.8) is 0 Å². The van der Waals surface area contributed by atoms with Gasteiger partial charge in [0, 0.05) is 30.3 Å². The Morgan fingerprint density at radius 2 is 1.88 bits per heavy atom. The van der Waals surface area contributed by atoms with Crippen molar-refractivity contribution < 1.29 is 23.1 Å². The molecule has 0 unspecified atom stereocenters. The number of nitrogens with one attached hydrogen (secondary N) is 2. The minimum absolute atomic E-state index is 0.106. The van der Waals surface area contributed by atoms with Crippen LogP contribution in [0.5, 0.6) is 0 Å². The highest BCUT2D eigenvalue weighted by molar-refractivity contribution is 5.94. The highest BCUT2D eigenvalue weighted by atomic mass is 19.4. The minimum Gasteiger partial charge on any atom is -0.392 e. The van der Waals surface area contributed by atoms with Crippen LogP contribution in [0.1, 0.15) is 28.8 Å². The van der Waals surface area contributed by atoms with Gasteiger partial charge in [-0.25, -0.2) is 0 Å². The van der Waals surface area contributed by atoms with Crippen LogP contribution in [-0.4, -0.2) is 42.4 Å². The number of aliphatic hydroxyl groups is 1. The maximum atomic E-state index is 12.9. The molecule has 2 heterocycles. The van der Waals surface area contributed by atoms with Crippen molar-refractivity contribution in [1.29, 1.82) is 0 Å². The fourth-order valence-corrected chi connectivity index (χ4v) is 2.71. The van der Waals surface area contributed by atoms with Gasteiger partial charge in [-0.2, -0.15) is 13.2 Å². The molecule has 1 aromatic carbocycles. The Hall–Kier alpha value is -2.00. The fraction of sp³-hybridized carbons (Fsp3) is 0.533. The number of hydrogen-bond donors (Lipinski definition) is 3. The van der Waals surface area contributed by atoms with Gasteiger partial charge in [-0.1, -0.05) is 12.1 Å². The first-order valence-corrected chi connectivity index (χ1v) is 7.63. The number of halogens is 3. The third-order valence-corrected chi connectivity index (χ3v) is 4.20. The molecule has 2 atom stereocenters. The third kappa shape index (κ3) is 3.27. The molecule has 0 aliphatic carbocycles. The number of amides is 1. The summed E-state index contributed by atoms with van der Waals surface area (Å²) >= 11 is 0.